The molecular weight excluding hydrogens is 232 g/mol. The van der Waals surface area contributed by atoms with Gasteiger partial charge in [0.15, 0.2) is 0 Å². The summed E-state index contributed by atoms with van der Waals surface area (Å²) < 4.78 is 0. The molecule has 0 fully saturated rings. The molecule has 0 radical (unpaired) electrons. The number of hydrogen-bond donors (Lipinski definition) is 1. The predicted octanol–water partition coefficient (Wildman–Crippen LogP) is 3.63. The van der Waals surface area contributed by atoms with E-state index in [2.05, 4.69) is 76.3 Å². The van der Waals surface area contributed by atoms with Crippen molar-refractivity contribution in [3.63, 3.8) is 0 Å². The van der Waals surface area contributed by atoms with Gasteiger partial charge in [-0.15, -0.1) is 0 Å². The van der Waals surface area contributed by atoms with Crippen LogP contribution in [0.5, 0.6) is 0 Å². The molecule has 0 amide bonds. The third-order valence-corrected chi connectivity index (χ3v) is 4.47. The van der Waals surface area contributed by atoms with Crippen LogP contribution < -0.4 is 5.32 Å². The van der Waals surface area contributed by atoms with Crippen LogP contribution in [-0.2, 0) is 6.42 Å². The van der Waals surface area contributed by atoms with Gasteiger partial charge in [-0.1, -0.05) is 38.1 Å². The van der Waals surface area contributed by atoms with E-state index >= 15 is 0 Å². The maximum Gasteiger partial charge on any atom is 0.0472 e. The fraction of sp³-hybridized carbons (Fsp3) is 0.647. The Morgan fingerprint density at radius 2 is 1.68 bits per heavy atom. The lowest BCUT2D eigenvalue weighted by atomic mass is 9.97. The van der Waals surface area contributed by atoms with Crippen LogP contribution in [0.3, 0.4) is 0 Å². The van der Waals surface area contributed by atoms with Crippen LogP contribution in [0.1, 0.15) is 51.3 Å². The highest BCUT2D eigenvalue weighted by atomic mass is 15.2. The minimum absolute atomic E-state index is 0.380. The number of likely N-dealkylation sites (N-methyl/N-ethyl adjacent to an activating group) is 2. The minimum atomic E-state index is 0.380. The Balaban J connectivity index is 2.86. The van der Waals surface area contributed by atoms with E-state index in [9.17, 15) is 0 Å². The zero-order valence-corrected chi connectivity index (χ0v) is 13.4. The molecule has 0 aromatic heterocycles. The van der Waals surface area contributed by atoms with Gasteiger partial charge < -0.3 is 5.32 Å². The topological polar surface area (TPSA) is 15.3 Å². The fourth-order valence-corrected chi connectivity index (χ4v) is 2.57. The Hall–Kier alpha value is -0.860. The first-order valence-electron chi connectivity index (χ1n) is 7.53. The molecule has 1 aromatic rings. The standard InChI is InChI=1S/C17H30N2/c1-7-13(3)19(6)14(4)17(18-5)16-11-9-15(8-2)10-12-16/h9-14,17-18H,7-8H2,1-6H3. The Labute approximate surface area is 119 Å². The molecule has 0 aliphatic heterocycles. The van der Waals surface area contributed by atoms with Gasteiger partial charge in [-0.2, -0.15) is 0 Å². The number of aryl methyl sites for hydroxylation is 1. The van der Waals surface area contributed by atoms with Crippen molar-refractivity contribution in [1.82, 2.24) is 10.2 Å². The largest absolute Gasteiger partial charge is 0.312 e. The van der Waals surface area contributed by atoms with Crippen molar-refractivity contribution in [2.75, 3.05) is 14.1 Å². The number of hydrogen-bond acceptors (Lipinski definition) is 2. The quantitative estimate of drug-likeness (QED) is 0.807. The third kappa shape index (κ3) is 4.05. The van der Waals surface area contributed by atoms with Crippen molar-refractivity contribution in [2.24, 2.45) is 0 Å². The molecule has 108 valence electrons. The van der Waals surface area contributed by atoms with Crippen LogP contribution >= 0.6 is 0 Å². The third-order valence-electron chi connectivity index (χ3n) is 4.47. The Morgan fingerprint density at radius 1 is 1.11 bits per heavy atom. The summed E-state index contributed by atoms with van der Waals surface area (Å²) in [7, 11) is 4.28. The second kappa shape index (κ2) is 7.66. The zero-order chi connectivity index (χ0) is 14.4. The van der Waals surface area contributed by atoms with Gasteiger partial charge in [0.2, 0.25) is 0 Å². The molecule has 1 N–H and O–H groups in total. The van der Waals surface area contributed by atoms with E-state index in [0.717, 1.165) is 6.42 Å². The first kappa shape index (κ1) is 16.2. The van der Waals surface area contributed by atoms with E-state index in [1.165, 1.54) is 17.5 Å². The van der Waals surface area contributed by atoms with Gasteiger partial charge in [-0.05, 0) is 51.9 Å². The van der Waals surface area contributed by atoms with Gasteiger partial charge in [0.1, 0.15) is 0 Å². The van der Waals surface area contributed by atoms with Gasteiger partial charge >= 0.3 is 0 Å². The van der Waals surface area contributed by atoms with E-state index in [-0.39, 0.29) is 0 Å². The monoisotopic (exact) mass is 262 g/mol. The zero-order valence-electron chi connectivity index (χ0n) is 13.4. The van der Waals surface area contributed by atoms with Crippen molar-refractivity contribution in [3.05, 3.63) is 35.4 Å². The molecule has 0 heterocycles. The normalized spacial score (nSPS) is 16.4. The van der Waals surface area contributed by atoms with Crippen molar-refractivity contribution in [1.29, 1.82) is 0 Å². The second-order valence-electron chi connectivity index (χ2n) is 5.52. The average Bonchev–Trinajstić information content (AvgIpc) is 2.46. The first-order valence-corrected chi connectivity index (χ1v) is 7.53. The number of rotatable bonds is 7. The van der Waals surface area contributed by atoms with Gasteiger partial charge in [0.25, 0.3) is 0 Å². The lowest BCUT2D eigenvalue weighted by molar-refractivity contribution is 0.158. The number of nitrogens with one attached hydrogen (secondary N) is 1. The molecule has 0 aliphatic carbocycles. The molecular formula is C17H30N2. The Kier molecular flexibility index (Phi) is 6.53. The average molecular weight is 262 g/mol. The molecule has 3 unspecified atom stereocenters. The lowest BCUT2D eigenvalue weighted by Crippen LogP contribution is -2.43. The van der Waals surface area contributed by atoms with Crippen molar-refractivity contribution < 1.29 is 0 Å². The highest BCUT2D eigenvalue weighted by molar-refractivity contribution is 5.26. The molecule has 0 aliphatic rings. The van der Waals surface area contributed by atoms with Crippen LogP contribution in [-0.4, -0.2) is 31.1 Å². The van der Waals surface area contributed by atoms with Crippen LogP contribution in [0.15, 0.2) is 24.3 Å². The van der Waals surface area contributed by atoms with Crippen LogP contribution in [0.2, 0.25) is 0 Å². The summed E-state index contributed by atoms with van der Waals surface area (Å²) in [5.74, 6) is 0. The summed E-state index contributed by atoms with van der Waals surface area (Å²) >= 11 is 0. The summed E-state index contributed by atoms with van der Waals surface area (Å²) in [5, 5.41) is 3.47. The molecule has 0 spiro atoms. The SMILES string of the molecule is CCc1ccc(C(NC)C(C)N(C)C(C)CC)cc1. The summed E-state index contributed by atoms with van der Waals surface area (Å²) in [6, 6.07) is 10.5. The molecule has 1 rings (SSSR count). The lowest BCUT2D eigenvalue weighted by Gasteiger charge is -2.36. The van der Waals surface area contributed by atoms with Gasteiger partial charge in [-0.25, -0.2) is 0 Å². The van der Waals surface area contributed by atoms with E-state index in [1.54, 1.807) is 0 Å². The molecule has 2 heteroatoms. The maximum absolute atomic E-state index is 3.47. The Bertz CT molecular complexity index is 358. The molecule has 2 nitrogen and oxygen atoms in total. The van der Waals surface area contributed by atoms with Crippen LogP contribution in [0, 0.1) is 0 Å². The van der Waals surface area contributed by atoms with Gasteiger partial charge in [0.05, 0.1) is 0 Å². The maximum atomic E-state index is 3.47. The molecule has 1 aromatic carbocycles. The van der Waals surface area contributed by atoms with E-state index < -0.39 is 0 Å². The summed E-state index contributed by atoms with van der Waals surface area (Å²) in [5.41, 5.74) is 2.78. The van der Waals surface area contributed by atoms with Gasteiger partial charge in [0, 0.05) is 18.1 Å². The number of benzene rings is 1. The van der Waals surface area contributed by atoms with Crippen LogP contribution in [0.25, 0.3) is 0 Å². The summed E-state index contributed by atoms with van der Waals surface area (Å²) in [4.78, 5) is 2.47. The molecule has 0 saturated heterocycles. The predicted molar refractivity (Wildman–Crippen MR) is 84.6 cm³/mol. The summed E-state index contributed by atoms with van der Waals surface area (Å²) in [6.07, 6.45) is 2.29. The van der Waals surface area contributed by atoms with Crippen LogP contribution in [0.4, 0.5) is 0 Å². The van der Waals surface area contributed by atoms with Crippen molar-refractivity contribution in [2.45, 2.75) is 58.7 Å². The molecule has 0 saturated carbocycles. The highest BCUT2D eigenvalue weighted by Gasteiger charge is 2.23. The Morgan fingerprint density at radius 3 is 2.11 bits per heavy atom. The second-order valence-corrected chi connectivity index (χ2v) is 5.52. The smallest absolute Gasteiger partial charge is 0.0472 e. The van der Waals surface area contributed by atoms with E-state index in [1.807, 2.05) is 0 Å². The minimum Gasteiger partial charge on any atom is -0.312 e. The molecule has 0 bridgehead atoms. The first-order chi connectivity index (χ1) is 9.04. The van der Waals surface area contributed by atoms with Crippen molar-refractivity contribution in [3.8, 4) is 0 Å². The number of nitrogens with zero attached hydrogens (tertiary/aromatic N) is 1. The van der Waals surface area contributed by atoms with Crippen molar-refractivity contribution >= 4 is 0 Å². The fourth-order valence-electron chi connectivity index (χ4n) is 2.57. The molecule has 3 atom stereocenters. The summed E-state index contributed by atoms with van der Waals surface area (Å²) in [6.45, 7) is 9.05. The van der Waals surface area contributed by atoms with E-state index in [0.29, 0.717) is 18.1 Å². The van der Waals surface area contributed by atoms with Gasteiger partial charge in [-0.3, -0.25) is 4.90 Å². The van der Waals surface area contributed by atoms with E-state index in [4.69, 9.17) is 0 Å². The molecule has 19 heavy (non-hydrogen) atoms. The highest BCUT2D eigenvalue weighted by Crippen LogP contribution is 2.22.